The van der Waals surface area contributed by atoms with Crippen molar-refractivity contribution in [2.24, 2.45) is 5.92 Å². The summed E-state index contributed by atoms with van der Waals surface area (Å²) in [5.41, 5.74) is 1.18. The number of carbonyl (C=O) groups excluding carboxylic acids is 2. The molecular weight excluding hydrogens is 395 g/mol. The average molecular weight is 421 g/mol. The molecule has 0 aromatic heterocycles. The highest BCUT2D eigenvalue weighted by atomic mass is 19.1. The molecule has 3 amide bonds. The maximum absolute atomic E-state index is 13.8. The molecule has 2 aromatic rings. The van der Waals surface area contributed by atoms with Crippen LogP contribution in [0.1, 0.15) is 44.9 Å². The lowest BCUT2D eigenvalue weighted by Crippen LogP contribution is -2.45. The first-order chi connectivity index (χ1) is 14.1. The van der Waals surface area contributed by atoms with Gasteiger partial charge in [-0.05, 0) is 42.7 Å². The van der Waals surface area contributed by atoms with Crippen LogP contribution in [-0.2, 0) is 11.3 Å². The number of carbonyl (C=O) groups is 2. The average Bonchev–Trinajstić information content (AvgIpc) is 2.62. The molecule has 3 rings (SSSR count). The Morgan fingerprint density at radius 2 is 1.67 bits per heavy atom. The molecule has 30 heavy (non-hydrogen) atoms. The molecule has 162 valence electrons. The number of nitrogens with one attached hydrogen (secondary N) is 2. The van der Waals surface area contributed by atoms with Crippen LogP contribution in [0.2, 0.25) is 0 Å². The van der Waals surface area contributed by atoms with E-state index in [1.807, 2.05) is 0 Å². The zero-order chi connectivity index (χ0) is 22.4. The minimum Gasteiger partial charge on any atom is -0.348 e. The summed E-state index contributed by atoms with van der Waals surface area (Å²) in [5, 5.41) is 5.14. The van der Waals surface area contributed by atoms with Crippen molar-refractivity contribution < 1.29 is 22.8 Å². The number of amides is 3. The number of hydrogen-bond donors (Lipinski definition) is 2. The van der Waals surface area contributed by atoms with Gasteiger partial charge in [-0.2, -0.15) is 0 Å². The fourth-order valence-corrected chi connectivity index (χ4v) is 2.81. The molecule has 1 atom stereocenters. The number of fused-ring (bicyclic) bond motifs is 1. The molecule has 8 heteroatoms. The molecule has 0 saturated carbocycles. The first kappa shape index (κ1) is 23.3. The number of hydrogen-bond acceptors (Lipinski definition) is 2. The quantitative estimate of drug-likeness (QED) is 0.731. The van der Waals surface area contributed by atoms with E-state index >= 15 is 0 Å². The fraction of sp³-hybridized carbons (Fsp3) is 0.364. The molecule has 1 aliphatic heterocycles. The second-order valence-electron chi connectivity index (χ2n) is 7.77. The van der Waals surface area contributed by atoms with E-state index < -0.39 is 35.4 Å². The van der Waals surface area contributed by atoms with Crippen LogP contribution in [-0.4, -0.2) is 23.4 Å². The van der Waals surface area contributed by atoms with Crippen molar-refractivity contribution in [2.75, 3.05) is 11.9 Å². The summed E-state index contributed by atoms with van der Waals surface area (Å²) in [7, 11) is 0. The van der Waals surface area contributed by atoms with Gasteiger partial charge in [-0.25, -0.2) is 18.0 Å². The molecule has 5 nitrogen and oxygen atoms in total. The van der Waals surface area contributed by atoms with E-state index in [1.165, 1.54) is 29.2 Å². The molecule has 0 aliphatic carbocycles. The number of nitrogens with zero attached hydrogens (tertiary/aromatic N) is 1. The third-order valence-electron chi connectivity index (χ3n) is 4.10. The highest BCUT2D eigenvalue weighted by Crippen LogP contribution is 2.24. The molecule has 1 aliphatic rings. The van der Waals surface area contributed by atoms with Crippen LogP contribution in [0.4, 0.5) is 23.7 Å². The van der Waals surface area contributed by atoms with Crippen molar-refractivity contribution in [3.05, 3.63) is 65.0 Å². The predicted octanol–water partition coefficient (Wildman–Crippen LogP) is 4.99. The smallest absolute Gasteiger partial charge is 0.322 e. The summed E-state index contributed by atoms with van der Waals surface area (Å²) < 4.78 is 40.1. The van der Waals surface area contributed by atoms with E-state index in [1.54, 1.807) is 6.92 Å². The van der Waals surface area contributed by atoms with Crippen LogP contribution in [0.15, 0.2) is 36.4 Å². The molecule has 0 radical (unpaired) electrons. The number of anilines is 1. The van der Waals surface area contributed by atoms with Crippen LogP contribution >= 0.6 is 0 Å². The van der Waals surface area contributed by atoms with Crippen LogP contribution in [0.25, 0.3) is 0 Å². The zero-order valence-corrected chi connectivity index (χ0v) is 17.4. The summed E-state index contributed by atoms with van der Waals surface area (Å²) in [4.78, 5) is 25.5. The minimum absolute atomic E-state index is 0.0750. The van der Waals surface area contributed by atoms with Crippen molar-refractivity contribution in [3.63, 3.8) is 0 Å². The van der Waals surface area contributed by atoms with E-state index in [-0.39, 0.29) is 18.7 Å². The number of rotatable bonds is 4. The van der Waals surface area contributed by atoms with Crippen LogP contribution in [0.5, 0.6) is 0 Å². The lowest BCUT2D eigenvalue weighted by molar-refractivity contribution is -0.122. The molecule has 0 saturated heterocycles. The van der Waals surface area contributed by atoms with Gasteiger partial charge in [0.25, 0.3) is 0 Å². The Morgan fingerprint density at radius 1 is 1.07 bits per heavy atom. The van der Waals surface area contributed by atoms with Gasteiger partial charge in [0.2, 0.25) is 5.91 Å². The summed E-state index contributed by atoms with van der Waals surface area (Å²) in [6, 6.07) is 5.88. The maximum Gasteiger partial charge on any atom is 0.322 e. The summed E-state index contributed by atoms with van der Waals surface area (Å²) in [6.07, 6.45) is 0. The first-order valence-electron chi connectivity index (χ1n) is 9.65. The van der Waals surface area contributed by atoms with E-state index in [0.29, 0.717) is 11.3 Å². The summed E-state index contributed by atoms with van der Waals surface area (Å²) in [6.45, 7) is 7.84. The minimum atomic E-state index is -0.766. The topological polar surface area (TPSA) is 61.4 Å². The van der Waals surface area contributed by atoms with E-state index in [0.717, 1.165) is 18.1 Å². The Labute approximate surface area is 174 Å². The lowest BCUT2D eigenvalue weighted by atomic mass is 10.1. The van der Waals surface area contributed by atoms with Gasteiger partial charge in [0.05, 0.1) is 12.6 Å². The van der Waals surface area contributed by atoms with Crippen LogP contribution in [0, 0.1) is 23.4 Å². The predicted molar refractivity (Wildman–Crippen MR) is 109 cm³/mol. The van der Waals surface area contributed by atoms with Gasteiger partial charge < -0.3 is 15.5 Å². The van der Waals surface area contributed by atoms with E-state index in [2.05, 4.69) is 31.4 Å². The van der Waals surface area contributed by atoms with Crippen molar-refractivity contribution in [1.29, 1.82) is 0 Å². The molecule has 2 aromatic carbocycles. The summed E-state index contributed by atoms with van der Waals surface area (Å²) >= 11 is 0. The standard InChI is InChI=1S/C18H16F3N3O2.C4H10/c1-10(14-4-2-13(20)7-15(14)21)22-17(25)9-24-8-11-6-12(19)3-5-16(11)23-18(24)26;1-4(2)3/h2-7,10H,8-9H2,1H3,(H,22,25)(H,23,26);4H,1-3H3. The molecule has 2 N–H and O–H groups in total. The van der Waals surface area contributed by atoms with E-state index in [4.69, 9.17) is 0 Å². The van der Waals surface area contributed by atoms with Gasteiger partial charge in [-0.1, -0.05) is 26.8 Å². The Kier molecular flexibility index (Phi) is 7.86. The Balaban J connectivity index is 0.000000735. The highest BCUT2D eigenvalue weighted by molar-refractivity contribution is 5.94. The zero-order valence-electron chi connectivity index (χ0n) is 17.4. The normalized spacial score (nSPS) is 13.7. The first-order valence-corrected chi connectivity index (χ1v) is 9.65. The monoisotopic (exact) mass is 421 g/mol. The fourth-order valence-electron chi connectivity index (χ4n) is 2.81. The SMILES string of the molecule is CC(C)C.CC(NC(=O)CN1Cc2cc(F)ccc2NC1=O)c1ccc(F)cc1F. The number of halogens is 3. The van der Waals surface area contributed by atoms with Gasteiger partial charge in [0, 0.05) is 17.3 Å². The highest BCUT2D eigenvalue weighted by Gasteiger charge is 2.25. The van der Waals surface area contributed by atoms with Crippen molar-refractivity contribution >= 4 is 17.6 Å². The molecule has 0 spiro atoms. The largest absolute Gasteiger partial charge is 0.348 e. The Morgan fingerprint density at radius 3 is 2.30 bits per heavy atom. The van der Waals surface area contributed by atoms with Crippen molar-refractivity contribution in [2.45, 2.75) is 40.3 Å². The van der Waals surface area contributed by atoms with Crippen LogP contribution < -0.4 is 10.6 Å². The van der Waals surface area contributed by atoms with Crippen molar-refractivity contribution in [3.8, 4) is 0 Å². The maximum atomic E-state index is 13.8. The molecule has 1 heterocycles. The third-order valence-corrected chi connectivity index (χ3v) is 4.10. The third kappa shape index (κ3) is 6.50. The number of benzene rings is 2. The molecule has 1 unspecified atom stereocenters. The lowest BCUT2D eigenvalue weighted by Gasteiger charge is -2.29. The molecule has 0 bridgehead atoms. The van der Waals surface area contributed by atoms with Gasteiger partial charge in [-0.3, -0.25) is 4.79 Å². The number of urea groups is 1. The van der Waals surface area contributed by atoms with Crippen LogP contribution in [0.3, 0.4) is 0 Å². The second-order valence-corrected chi connectivity index (χ2v) is 7.77. The van der Waals surface area contributed by atoms with Gasteiger partial charge in [0.1, 0.15) is 24.0 Å². The van der Waals surface area contributed by atoms with Gasteiger partial charge in [0.15, 0.2) is 0 Å². The summed E-state index contributed by atoms with van der Waals surface area (Å²) in [5.74, 6) is -1.60. The molecule has 0 fully saturated rings. The van der Waals surface area contributed by atoms with Gasteiger partial charge in [-0.15, -0.1) is 0 Å². The van der Waals surface area contributed by atoms with Crippen molar-refractivity contribution in [1.82, 2.24) is 10.2 Å². The Hall–Kier alpha value is -3.03. The second kappa shape index (κ2) is 10.1. The molecular formula is C22H26F3N3O2. The van der Waals surface area contributed by atoms with E-state index in [9.17, 15) is 22.8 Å². The Bertz CT molecular complexity index is 916. The van der Waals surface area contributed by atoms with Gasteiger partial charge >= 0.3 is 6.03 Å².